The van der Waals surface area contributed by atoms with Crippen LogP contribution < -0.4 is 4.74 Å². The molecule has 0 saturated heterocycles. The van der Waals surface area contributed by atoms with E-state index in [0.29, 0.717) is 17.0 Å². The van der Waals surface area contributed by atoms with E-state index in [1.165, 1.54) is 18.2 Å². The molecule has 0 aliphatic heterocycles. The number of halogens is 1. The minimum Gasteiger partial charge on any atom is -0.489 e. The van der Waals surface area contributed by atoms with Crippen LogP contribution in [0.3, 0.4) is 0 Å². The molecule has 0 amide bonds. The van der Waals surface area contributed by atoms with Gasteiger partial charge >= 0.3 is 0 Å². The highest BCUT2D eigenvalue weighted by molar-refractivity contribution is 5.41. The molecular formula is C18H18FNO. The fourth-order valence-corrected chi connectivity index (χ4v) is 2.19. The molecule has 0 saturated carbocycles. The summed E-state index contributed by atoms with van der Waals surface area (Å²) < 4.78 is 19.2. The summed E-state index contributed by atoms with van der Waals surface area (Å²) in [6, 6.07) is 12.2. The normalized spacial score (nSPS) is 10.5. The molecule has 0 aliphatic rings. The lowest BCUT2D eigenvalue weighted by Crippen LogP contribution is -2.02. The van der Waals surface area contributed by atoms with Crippen LogP contribution in [0.5, 0.6) is 5.75 Å². The Balaban J connectivity index is 2.26. The van der Waals surface area contributed by atoms with Gasteiger partial charge in [-0.1, -0.05) is 26.0 Å². The highest BCUT2D eigenvalue weighted by atomic mass is 19.1. The fraction of sp³-hybridized carbons (Fsp3) is 0.278. The molecule has 2 aromatic carbocycles. The van der Waals surface area contributed by atoms with Gasteiger partial charge in [-0.05, 0) is 48.2 Å². The summed E-state index contributed by atoms with van der Waals surface area (Å²) in [6.45, 7) is 6.38. The summed E-state index contributed by atoms with van der Waals surface area (Å²) in [6.07, 6.45) is 0. The molecule has 0 atom stereocenters. The van der Waals surface area contributed by atoms with Crippen molar-refractivity contribution in [1.29, 1.82) is 5.26 Å². The maximum absolute atomic E-state index is 13.3. The average molecular weight is 283 g/mol. The lowest BCUT2D eigenvalue weighted by atomic mass is 10.0. The summed E-state index contributed by atoms with van der Waals surface area (Å²) >= 11 is 0. The molecule has 0 heterocycles. The highest BCUT2D eigenvalue weighted by Gasteiger charge is 2.10. The number of nitriles is 1. The number of benzene rings is 2. The van der Waals surface area contributed by atoms with Gasteiger partial charge in [-0.2, -0.15) is 5.26 Å². The number of rotatable bonds is 4. The van der Waals surface area contributed by atoms with Crippen molar-refractivity contribution in [3.05, 3.63) is 64.5 Å². The second kappa shape index (κ2) is 6.41. The zero-order valence-electron chi connectivity index (χ0n) is 12.5. The Bertz CT molecular complexity index is 686. The molecule has 108 valence electrons. The van der Waals surface area contributed by atoms with Crippen LogP contribution in [0.4, 0.5) is 4.39 Å². The first kappa shape index (κ1) is 15.1. The zero-order valence-corrected chi connectivity index (χ0v) is 12.5. The second-order valence-electron chi connectivity index (χ2n) is 5.40. The molecule has 0 aromatic heterocycles. The van der Waals surface area contributed by atoms with Crippen LogP contribution in [0.1, 0.15) is 42.0 Å². The first-order valence-corrected chi connectivity index (χ1v) is 6.93. The van der Waals surface area contributed by atoms with Gasteiger partial charge in [-0.3, -0.25) is 0 Å². The molecular weight excluding hydrogens is 265 g/mol. The lowest BCUT2D eigenvalue weighted by Gasteiger charge is -2.15. The van der Waals surface area contributed by atoms with Crippen LogP contribution in [0.25, 0.3) is 0 Å². The molecule has 0 spiro atoms. The van der Waals surface area contributed by atoms with E-state index in [0.717, 1.165) is 16.9 Å². The van der Waals surface area contributed by atoms with Crippen molar-refractivity contribution in [2.24, 2.45) is 0 Å². The summed E-state index contributed by atoms with van der Waals surface area (Å²) in [5.74, 6) is 0.766. The Labute approximate surface area is 124 Å². The van der Waals surface area contributed by atoms with Gasteiger partial charge in [0.05, 0.1) is 11.6 Å². The Morgan fingerprint density at radius 1 is 1.19 bits per heavy atom. The van der Waals surface area contributed by atoms with Crippen molar-refractivity contribution in [2.45, 2.75) is 33.3 Å². The van der Waals surface area contributed by atoms with Gasteiger partial charge in [0.2, 0.25) is 0 Å². The molecule has 2 rings (SSSR count). The van der Waals surface area contributed by atoms with Gasteiger partial charge in [0, 0.05) is 5.56 Å². The minimum absolute atomic E-state index is 0.184. The van der Waals surface area contributed by atoms with E-state index in [1.807, 2.05) is 25.1 Å². The Morgan fingerprint density at radius 2 is 1.95 bits per heavy atom. The number of aryl methyl sites for hydroxylation is 1. The van der Waals surface area contributed by atoms with Crippen molar-refractivity contribution < 1.29 is 9.13 Å². The molecule has 0 radical (unpaired) electrons. The first-order valence-electron chi connectivity index (χ1n) is 6.93. The maximum Gasteiger partial charge on any atom is 0.123 e. The van der Waals surface area contributed by atoms with E-state index < -0.39 is 0 Å². The molecule has 0 aliphatic carbocycles. The van der Waals surface area contributed by atoms with Crippen LogP contribution in [-0.4, -0.2) is 0 Å². The number of hydrogen-bond acceptors (Lipinski definition) is 2. The van der Waals surface area contributed by atoms with Crippen LogP contribution in [0.2, 0.25) is 0 Å². The molecule has 0 fully saturated rings. The zero-order chi connectivity index (χ0) is 15.4. The van der Waals surface area contributed by atoms with Crippen molar-refractivity contribution in [1.82, 2.24) is 0 Å². The average Bonchev–Trinajstić information content (AvgIpc) is 2.45. The molecule has 2 nitrogen and oxygen atoms in total. The SMILES string of the molecule is Cc1ccc(C(C)C)c(OCc2cc(F)ccc2C#N)c1. The second-order valence-corrected chi connectivity index (χ2v) is 5.40. The van der Waals surface area contributed by atoms with E-state index in [-0.39, 0.29) is 12.4 Å². The molecule has 3 heteroatoms. The van der Waals surface area contributed by atoms with E-state index in [1.54, 1.807) is 0 Å². The quantitative estimate of drug-likeness (QED) is 0.814. The predicted molar refractivity (Wildman–Crippen MR) is 80.7 cm³/mol. The standard InChI is InChI=1S/C18H18FNO/c1-12(2)17-7-4-13(3)8-18(17)21-11-15-9-16(19)6-5-14(15)10-20/h4-9,12H,11H2,1-3H3. The highest BCUT2D eigenvalue weighted by Crippen LogP contribution is 2.28. The first-order chi connectivity index (χ1) is 10.0. The van der Waals surface area contributed by atoms with Crippen molar-refractivity contribution in [3.63, 3.8) is 0 Å². The van der Waals surface area contributed by atoms with E-state index in [4.69, 9.17) is 10.00 Å². The monoisotopic (exact) mass is 283 g/mol. The van der Waals surface area contributed by atoms with E-state index in [2.05, 4.69) is 19.9 Å². The van der Waals surface area contributed by atoms with Gasteiger partial charge in [0.15, 0.2) is 0 Å². The smallest absolute Gasteiger partial charge is 0.123 e. The summed E-state index contributed by atoms with van der Waals surface area (Å²) in [5, 5.41) is 9.07. The number of nitrogens with zero attached hydrogens (tertiary/aromatic N) is 1. The number of hydrogen-bond donors (Lipinski definition) is 0. The van der Waals surface area contributed by atoms with Crippen LogP contribution >= 0.6 is 0 Å². The van der Waals surface area contributed by atoms with Crippen LogP contribution in [0.15, 0.2) is 36.4 Å². The van der Waals surface area contributed by atoms with Gasteiger partial charge < -0.3 is 4.74 Å². The Morgan fingerprint density at radius 3 is 2.62 bits per heavy atom. The van der Waals surface area contributed by atoms with Crippen LogP contribution in [0, 0.1) is 24.1 Å². The molecule has 0 N–H and O–H groups in total. The third-order valence-corrected chi connectivity index (χ3v) is 3.36. The van der Waals surface area contributed by atoms with Crippen molar-refractivity contribution in [3.8, 4) is 11.8 Å². The topological polar surface area (TPSA) is 33.0 Å². The van der Waals surface area contributed by atoms with Crippen molar-refractivity contribution >= 4 is 0 Å². The van der Waals surface area contributed by atoms with Gasteiger partial charge in [-0.25, -0.2) is 4.39 Å². The molecule has 0 bridgehead atoms. The van der Waals surface area contributed by atoms with Gasteiger partial charge in [-0.15, -0.1) is 0 Å². The maximum atomic E-state index is 13.3. The predicted octanol–water partition coefficient (Wildman–Crippen LogP) is 4.71. The molecule has 0 unspecified atom stereocenters. The Kier molecular flexibility index (Phi) is 4.59. The van der Waals surface area contributed by atoms with Crippen LogP contribution in [-0.2, 0) is 6.61 Å². The molecule has 2 aromatic rings. The summed E-state index contributed by atoms with van der Waals surface area (Å²) in [4.78, 5) is 0. The number of ether oxygens (including phenoxy) is 1. The molecule has 21 heavy (non-hydrogen) atoms. The minimum atomic E-state index is -0.360. The third-order valence-electron chi connectivity index (χ3n) is 3.36. The van der Waals surface area contributed by atoms with E-state index >= 15 is 0 Å². The third kappa shape index (κ3) is 3.61. The van der Waals surface area contributed by atoms with E-state index in [9.17, 15) is 4.39 Å². The largest absolute Gasteiger partial charge is 0.489 e. The Hall–Kier alpha value is -2.34. The fourth-order valence-electron chi connectivity index (χ4n) is 2.19. The van der Waals surface area contributed by atoms with Gasteiger partial charge in [0.1, 0.15) is 18.2 Å². The lowest BCUT2D eigenvalue weighted by molar-refractivity contribution is 0.300. The summed E-state index contributed by atoms with van der Waals surface area (Å²) in [5.41, 5.74) is 3.22. The van der Waals surface area contributed by atoms with Crippen molar-refractivity contribution in [2.75, 3.05) is 0 Å². The summed E-state index contributed by atoms with van der Waals surface area (Å²) in [7, 11) is 0. The van der Waals surface area contributed by atoms with Gasteiger partial charge in [0.25, 0.3) is 0 Å².